The Bertz CT molecular complexity index is 1220. The number of benzene rings is 1. The second-order valence-corrected chi connectivity index (χ2v) is 7.69. The van der Waals surface area contributed by atoms with Crippen molar-refractivity contribution in [3.8, 4) is 11.8 Å². The molecule has 0 bridgehead atoms. The first kappa shape index (κ1) is 25.4. The molecule has 0 saturated carbocycles. The SMILES string of the molecule is CCOC(=O)/C(C#N)=C\C1=C(Cl)c2c(C)nn(-c3cc(C(F)(F)F)cc(C(F)(F)F)c3)c2CC1. The number of carbonyl (C=O) groups is 1. The Morgan fingerprint density at radius 3 is 2.26 bits per heavy atom. The average Bonchev–Trinajstić information content (AvgIpc) is 3.09. The molecule has 2 aromatic rings. The Kier molecular flexibility index (Phi) is 6.85. The van der Waals surface area contributed by atoms with Crippen LogP contribution in [0.15, 0.2) is 35.4 Å². The van der Waals surface area contributed by atoms with Crippen molar-refractivity contribution >= 4 is 22.6 Å². The van der Waals surface area contributed by atoms with Crippen LogP contribution in [0.2, 0.25) is 0 Å². The molecule has 1 aliphatic rings. The number of nitrogens with zero attached hydrogens (tertiary/aromatic N) is 3. The molecule has 34 heavy (non-hydrogen) atoms. The predicted octanol–water partition coefficient (Wildman–Crippen LogP) is 6.13. The summed E-state index contributed by atoms with van der Waals surface area (Å²) in [4.78, 5) is 11.9. The van der Waals surface area contributed by atoms with Crippen molar-refractivity contribution in [1.29, 1.82) is 5.26 Å². The van der Waals surface area contributed by atoms with E-state index in [0.717, 1.165) is 4.68 Å². The molecule has 180 valence electrons. The number of hydrogen-bond acceptors (Lipinski definition) is 4. The van der Waals surface area contributed by atoms with Crippen LogP contribution in [0.25, 0.3) is 10.7 Å². The molecule has 0 unspecified atom stereocenters. The predicted molar refractivity (Wildman–Crippen MR) is 110 cm³/mol. The number of carbonyl (C=O) groups excluding carboxylic acids is 1. The third-order valence-corrected chi connectivity index (χ3v) is 5.47. The van der Waals surface area contributed by atoms with Crippen LogP contribution >= 0.6 is 11.6 Å². The summed E-state index contributed by atoms with van der Waals surface area (Å²) in [6.07, 6.45) is -8.46. The summed E-state index contributed by atoms with van der Waals surface area (Å²) in [6, 6.07) is 2.94. The van der Waals surface area contributed by atoms with E-state index in [9.17, 15) is 36.4 Å². The van der Waals surface area contributed by atoms with Crippen LogP contribution in [0.3, 0.4) is 0 Å². The van der Waals surface area contributed by atoms with Gasteiger partial charge in [0.1, 0.15) is 11.6 Å². The lowest BCUT2D eigenvalue weighted by molar-refractivity contribution is -0.143. The maximum Gasteiger partial charge on any atom is 0.416 e. The van der Waals surface area contributed by atoms with Crippen LogP contribution in [0, 0.1) is 18.3 Å². The van der Waals surface area contributed by atoms with Crippen LogP contribution in [-0.4, -0.2) is 22.4 Å². The maximum atomic E-state index is 13.3. The Balaban J connectivity index is 2.17. The Hall–Kier alpha value is -3.26. The highest BCUT2D eigenvalue weighted by Gasteiger charge is 2.37. The number of fused-ring (bicyclic) bond motifs is 1. The maximum absolute atomic E-state index is 13.3. The molecule has 0 N–H and O–H groups in total. The third kappa shape index (κ3) is 4.97. The lowest BCUT2D eigenvalue weighted by Gasteiger charge is -2.19. The molecule has 0 saturated heterocycles. The van der Waals surface area contributed by atoms with Gasteiger partial charge in [-0.15, -0.1) is 0 Å². The number of halogens is 7. The lowest BCUT2D eigenvalue weighted by Crippen LogP contribution is -2.14. The zero-order chi connectivity index (χ0) is 25.4. The molecule has 0 fully saturated rings. The minimum Gasteiger partial charge on any atom is -0.462 e. The minimum absolute atomic E-state index is 0.0425. The van der Waals surface area contributed by atoms with Crippen LogP contribution < -0.4 is 0 Å². The molecule has 0 atom stereocenters. The monoisotopic (exact) mass is 503 g/mol. The fourth-order valence-corrected chi connectivity index (χ4v) is 3.94. The zero-order valence-corrected chi connectivity index (χ0v) is 18.5. The number of nitriles is 1. The molecule has 1 heterocycles. The summed E-state index contributed by atoms with van der Waals surface area (Å²) in [7, 11) is 0. The average molecular weight is 504 g/mol. The van der Waals surface area contributed by atoms with Gasteiger partial charge in [0.05, 0.1) is 39.8 Å². The van der Waals surface area contributed by atoms with Gasteiger partial charge in [0.2, 0.25) is 0 Å². The second kappa shape index (κ2) is 9.18. The molecule has 0 aliphatic heterocycles. The van der Waals surface area contributed by atoms with Crippen molar-refractivity contribution in [2.24, 2.45) is 0 Å². The molecule has 1 aromatic heterocycles. The van der Waals surface area contributed by atoms with Gasteiger partial charge >= 0.3 is 18.3 Å². The van der Waals surface area contributed by atoms with Crippen LogP contribution in [-0.2, 0) is 28.3 Å². The van der Waals surface area contributed by atoms with E-state index in [1.807, 2.05) is 0 Å². The largest absolute Gasteiger partial charge is 0.462 e. The van der Waals surface area contributed by atoms with E-state index in [-0.39, 0.29) is 41.8 Å². The van der Waals surface area contributed by atoms with E-state index in [1.54, 1.807) is 13.0 Å². The molecule has 0 amide bonds. The third-order valence-electron chi connectivity index (χ3n) is 5.04. The van der Waals surface area contributed by atoms with Gasteiger partial charge in [-0.25, -0.2) is 9.48 Å². The summed E-state index contributed by atoms with van der Waals surface area (Å²) in [6.45, 7) is 3.12. The van der Waals surface area contributed by atoms with E-state index >= 15 is 0 Å². The minimum atomic E-state index is -5.01. The molecule has 0 spiro atoms. The van der Waals surface area contributed by atoms with Gasteiger partial charge in [0, 0.05) is 5.56 Å². The Morgan fingerprint density at radius 2 is 1.76 bits per heavy atom. The van der Waals surface area contributed by atoms with Crippen molar-refractivity contribution in [3.05, 3.63) is 63.5 Å². The van der Waals surface area contributed by atoms with Crippen molar-refractivity contribution in [3.63, 3.8) is 0 Å². The lowest BCUT2D eigenvalue weighted by atomic mass is 9.94. The summed E-state index contributed by atoms with van der Waals surface area (Å²) in [5.74, 6) is -0.844. The molecule has 0 radical (unpaired) electrons. The normalized spacial score (nSPS) is 14.6. The van der Waals surface area contributed by atoms with Crippen molar-refractivity contribution in [2.75, 3.05) is 6.61 Å². The summed E-state index contributed by atoms with van der Waals surface area (Å²) >= 11 is 6.47. The Morgan fingerprint density at radius 1 is 1.18 bits per heavy atom. The summed E-state index contributed by atoms with van der Waals surface area (Å²) in [5, 5.41) is 13.5. The van der Waals surface area contributed by atoms with Gasteiger partial charge in [0.25, 0.3) is 0 Å². The highest BCUT2D eigenvalue weighted by atomic mass is 35.5. The number of hydrogen-bond donors (Lipinski definition) is 0. The van der Waals surface area contributed by atoms with Crippen LogP contribution in [0.5, 0.6) is 0 Å². The highest BCUT2D eigenvalue weighted by molar-refractivity contribution is 6.50. The number of esters is 1. The quantitative estimate of drug-likeness (QED) is 0.218. The molecule has 1 aromatic carbocycles. The van der Waals surface area contributed by atoms with E-state index in [0.29, 0.717) is 29.0 Å². The van der Waals surface area contributed by atoms with Gasteiger partial charge in [-0.3, -0.25) is 0 Å². The highest BCUT2D eigenvalue weighted by Crippen LogP contribution is 2.41. The first-order chi connectivity index (χ1) is 15.8. The number of allylic oxidation sites excluding steroid dienone is 2. The van der Waals surface area contributed by atoms with E-state index in [4.69, 9.17) is 16.3 Å². The topological polar surface area (TPSA) is 67.9 Å². The zero-order valence-electron chi connectivity index (χ0n) is 17.7. The number of aryl methyl sites for hydroxylation is 1. The molecule has 1 aliphatic carbocycles. The van der Waals surface area contributed by atoms with Crippen molar-refractivity contribution < 1.29 is 35.9 Å². The first-order valence-electron chi connectivity index (χ1n) is 9.84. The number of ether oxygens (including phenoxy) is 1. The van der Waals surface area contributed by atoms with Gasteiger partial charge < -0.3 is 4.74 Å². The second-order valence-electron chi connectivity index (χ2n) is 7.31. The van der Waals surface area contributed by atoms with Gasteiger partial charge in [-0.2, -0.15) is 36.7 Å². The first-order valence-corrected chi connectivity index (χ1v) is 10.2. The van der Waals surface area contributed by atoms with Crippen LogP contribution in [0.4, 0.5) is 26.3 Å². The van der Waals surface area contributed by atoms with Gasteiger partial charge in [-0.1, -0.05) is 11.6 Å². The number of aromatic nitrogens is 2. The van der Waals surface area contributed by atoms with E-state index in [2.05, 4.69) is 5.10 Å². The van der Waals surface area contributed by atoms with Crippen LogP contribution in [0.1, 0.15) is 41.4 Å². The molecule has 5 nitrogen and oxygen atoms in total. The van der Waals surface area contributed by atoms with Crippen molar-refractivity contribution in [2.45, 2.75) is 39.0 Å². The van der Waals surface area contributed by atoms with Gasteiger partial charge in [-0.05, 0) is 56.5 Å². The molecule has 3 rings (SSSR count). The number of rotatable bonds is 4. The molecular formula is C22H16ClF6N3O2. The fraction of sp³-hybridized carbons (Fsp3) is 0.318. The standard InChI is InChI=1S/C22H16ClF6N3O2/c1-3-34-20(33)13(10-30)6-12-4-5-17-18(19(12)23)11(2)31-32(17)16-8-14(21(24,25)26)7-15(9-16)22(27,28)29/h6-9H,3-5H2,1-2H3/b13-6-. The smallest absolute Gasteiger partial charge is 0.416 e. The van der Waals surface area contributed by atoms with Gasteiger partial charge in [0.15, 0.2) is 0 Å². The molecular weight excluding hydrogens is 488 g/mol. The fourth-order valence-electron chi connectivity index (χ4n) is 3.54. The summed E-state index contributed by atoms with van der Waals surface area (Å²) < 4.78 is 85.5. The Labute approximate surface area is 194 Å². The van der Waals surface area contributed by atoms with E-state index in [1.165, 1.54) is 13.0 Å². The molecule has 12 heteroatoms. The van der Waals surface area contributed by atoms with E-state index < -0.39 is 35.1 Å². The number of alkyl halides is 6. The summed E-state index contributed by atoms with van der Waals surface area (Å²) in [5.41, 5.74) is -2.38. The van der Waals surface area contributed by atoms with Crippen molar-refractivity contribution in [1.82, 2.24) is 9.78 Å².